The van der Waals surface area contributed by atoms with E-state index in [1.807, 2.05) is 12.2 Å². The molecule has 2 amide bonds. The van der Waals surface area contributed by atoms with Gasteiger partial charge in [-0.2, -0.15) is 0 Å². The normalized spacial score (nSPS) is 44.3. The Balaban J connectivity index is 1.46. The van der Waals surface area contributed by atoms with Crippen LogP contribution < -0.4 is 10.6 Å². The Morgan fingerprint density at radius 2 is 1.75 bits per heavy atom. The van der Waals surface area contributed by atoms with E-state index in [9.17, 15) is 24.3 Å². The number of rotatable bonds is 1. The first kappa shape index (κ1) is 24.7. The van der Waals surface area contributed by atoms with Crippen molar-refractivity contribution in [3.63, 3.8) is 0 Å². The summed E-state index contributed by atoms with van der Waals surface area (Å²) in [7, 11) is 0. The van der Waals surface area contributed by atoms with Crippen molar-refractivity contribution in [1.82, 2.24) is 10.6 Å². The lowest BCUT2D eigenvalue weighted by atomic mass is 9.69. The third kappa shape index (κ3) is 4.37. The summed E-state index contributed by atoms with van der Waals surface area (Å²) in [5.74, 6) is 1.15. The second kappa shape index (κ2) is 9.83. The van der Waals surface area contributed by atoms with Gasteiger partial charge in [0.25, 0.3) is 5.91 Å². The summed E-state index contributed by atoms with van der Waals surface area (Å²) in [6.07, 6.45) is 15.2. The average molecular weight is 493 g/mol. The van der Waals surface area contributed by atoms with Crippen molar-refractivity contribution in [3.8, 4) is 0 Å². The average Bonchev–Trinajstić information content (AvgIpc) is 3.44. The highest BCUT2D eigenvalue weighted by Gasteiger charge is 2.53. The maximum atomic E-state index is 12.8. The van der Waals surface area contributed by atoms with Crippen LogP contribution in [0.25, 0.3) is 0 Å². The van der Waals surface area contributed by atoms with E-state index >= 15 is 0 Å². The Bertz CT molecular complexity index is 1090. The third-order valence-corrected chi connectivity index (χ3v) is 9.32. The number of aliphatic hydroxyl groups excluding tert-OH is 1. The van der Waals surface area contributed by atoms with Crippen molar-refractivity contribution in [2.24, 2.45) is 47.3 Å². The first-order valence-electron chi connectivity index (χ1n) is 13.4. The zero-order chi connectivity index (χ0) is 25.6. The fourth-order valence-electron chi connectivity index (χ4n) is 7.81. The lowest BCUT2D eigenvalue weighted by Gasteiger charge is -2.35. The number of carbonyl (C=O) groups excluding carboxylic acids is 4. The minimum Gasteiger partial charge on any atom is -0.507 e. The molecule has 0 aromatic carbocycles. The summed E-state index contributed by atoms with van der Waals surface area (Å²) in [4.78, 5) is 49.9. The Labute approximate surface area is 212 Å². The van der Waals surface area contributed by atoms with E-state index in [2.05, 4.69) is 29.7 Å². The van der Waals surface area contributed by atoms with E-state index in [0.29, 0.717) is 43.1 Å². The fourth-order valence-corrected chi connectivity index (χ4v) is 7.81. The summed E-state index contributed by atoms with van der Waals surface area (Å²) in [6.45, 7) is 4.30. The second-order valence-corrected chi connectivity index (χ2v) is 11.4. The fraction of sp³-hybridized carbons (Fsp3) is 0.586. The number of ketones is 2. The molecule has 0 spiro atoms. The van der Waals surface area contributed by atoms with E-state index in [-0.39, 0.29) is 46.7 Å². The maximum absolute atomic E-state index is 12.8. The molecule has 0 aromatic heterocycles. The molecule has 0 unspecified atom stereocenters. The summed E-state index contributed by atoms with van der Waals surface area (Å²) < 4.78 is 0. The molecule has 2 heterocycles. The van der Waals surface area contributed by atoms with Crippen molar-refractivity contribution < 1.29 is 24.3 Å². The van der Waals surface area contributed by atoms with Crippen LogP contribution in [0, 0.1) is 47.3 Å². The predicted octanol–water partition coefficient (Wildman–Crippen LogP) is 3.19. The molecule has 2 bridgehead atoms. The number of allylic oxidation sites excluding steroid dienone is 5. The molecule has 192 valence electrons. The summed E-state index contributed by atoms with van der Waals surface area (Å²) >= 11 is 0. The Hall–Kier alpha value is -2.96. The summed E-state index contributed by atoms with van der Waals surface area (Å²) in [5.41, 5.74) is -0.173. The Morgan fingerprint density at radius 3 is 2.53 bits per heavy atom. The monoisotopic (exact) mass is 492 g/mol. The Kier molecular flexibility index (Phi) is 6.75. The topological polar surface area (TPSA) is 113 Å². The molecule has 2 saturated carbocycles. The van der Waals surface area contributed by atoms with Crippen molar-refractivity contribution in [3.05, 3.63) is 47.8 Å². The van der Waals surface area contributed by atoms with Gasteiger partial charge in [0.05, 0.1) is 6.04 Å². The van der Waals surface area contributed by atoms with Crippen LogP contribution in [0.3, 0.4) is 0 Å². The SMILES string of the molecule is CC(=O)[C@H]1[C@H]2C=C[C@@H]3[C@@H](C[C@@H]4/C=C/C(O)=C5\C(=O)N[C@H](CCCNC(=O)/C=C\C[C@@H]34)C5=O)[C@H]2C[C@H]1C. The molecule has 3 N–H and O–H groups in total. The van der Waals surface area contributed by atoms with Crippen molar-refractivity contribution >= 4 is 23.4 Å². The van der Waals surface area contributed by atoms with Gasteiger partial charge in [0.15, 0.2) is 5.78 Å². The summed E-state index contributed by atoms with van der Waals surface area (Å²) in [6, 6.07) is -0.675. The molecule has 36 heavy (non-hydrogen) atoms. The number of carbonyl (C=O) groups is 4. The first-order chi connectivity index (χ1) is 17.3. The smallest absolute Gasteiger partial charge is 0.259 e. The van der Waals surface area contributed by atoms with Gasteiger partial charge in [-0.05, 0) is 92.6 Å². The zero-order valence-corrected chi connectivity index (χ0v) is 21.0. The molecule has 2 aliphatic heterocycles. The molecule has 5 rings (SSSR count). The van der Waals surface area contributed by atoms with Gasteiger partial charge in [-0.15, -0.1) is 0 Å². The molecule has 0 radical (unpaired) electrons. The number of Topliss-reactive ketones (excluding diaryl/α,β-unsaturated/α-hetero) is 2. The van der Waals surface area contributed by atoms with E-state index < -0.39 is 17.7 Å². The van der Waals surface area contributed by atoms with E-state index in [4.69, 9.17) is 0 Å². The standard InChI is InChI=1S/C29H36N2O5/c1-15-13-21-20(26(15)16(2)32)10-9-19-18-5-3-7-25(34)30-12-4-6-23-28(35)27(29(36)31-23)24(33)11-8-17(18)14-22(19)21/h3,7-11,15,17-23,26,33H,4-6,12-14H2,1-2H3,(H,30,34)(H,31,36)/b7-3-,11-8+,27-24+/t15-,17+,18-,19+,20+,21+,22-,23-,26+/m1/s1. The summed E-state index contributed by atoms with van der Waals surface area (Å²) in [5, 5.41) is 16.2. The number of amides is 2. The zero-order valence-electron chi connectivity index (χ0n) is 21.0. The largest absolute Gasteiger partial charge is 0.507 e. The highest BCUT2D eigenvalue weighted by atomic mass is 16.3. The molecule has 0 aromatic rings. The molecule has 7 heteroatoms. The van der Waals surface area contributed by atoms with Crippen LogP contribution >= 0.6 is 0 Å². The molecular weight excluding hydrogens is 456 g/mol. The van der Waals surface area contributed by atoms with Crippen molar-refractivity contribution in [2.75, 3.05) is 6.54 Å². The number of fused-ring (bicyclic) bond motifs is 7. The van der Waals surface area contributed by atoms with Gasteiger partial charge >= 0.3 is 0 Å². The van der Waals surface area contributed by atoms with Crippen LogP contribution in [-0.4, -0.2) is 41.1 Å². The minimum absolute atomic E-state index is 0.0759. The van der Waals surface area contributed by atoms with E-state index in [1.54, 1.807) is 13.0 Å². The van der Waals surface area contributed by atoms with Gasteiger partial charge in [0.1, 0.15) is 17.1 Å². The molecule has 3 aliphatic carbocycles. The molecular formula is C29H36N2O5. The quantitative estimate of drug-likeness (QED) is 0.384. The molecule has 5 aliphatic rings. The highest BCUT2D eigenvalue weighted by Crippen LogP contribution is 2.58. The molecule has 9 atom stereocenters. The van der Waals surface area contributed by atoms with Crippen LogP contribution in [0.1, 0.15) is 46.0 Å². The van der Waals surface area contributed by atoms with Crippen molar-refractivity contribution in [2.45, 2.75) is 52.0 Å². The lowest BCUT2D eigenvalue weighted by molar-refractivity contribution is -0.123. The highest BCUT2D eigenvalue weighted by molar-refractivity contribution is 6.27. The molecule has 7 nitrogen and oxygen atoms in total. The van der Waals surface area contributed by atoms with Gasteiger partial charge in [0.2, 0.25) is 5.91 Å². The van der Waals surface area contributed by atoms with E-state index in [1.165, 1.54) is 6.08 Å². The second-order valence-electron chi connectivity index (χ2n) is 11.4. The number of hydrogen-bond donors (Lipinski definition) is 3. The Morgan fingerprint density at radius 1 is 1.00 bits per heavy atom. The number of nitrogens with one attached hydrogen (secondary N) is 2. The van der Waals surface area contributed by atoms with Gasteiger partial charge in [0, 0.05) is 12.5 Å². The maximum Gasteiger partial charge on any atom is 0.259 e. The van der Waals surface area contributed by atoms with Crippen LogP contribution in [0.4, 0.5) is 0 Å². The minimum atomic E-state index is -0.675. The van der Waals surface area contributed by atoms with Crippen LogP contribution in [0.2, 0.25) is 0 Å². The van der Waals surface area contributed by atoms with Crippen LogP contribution in [0.15, 0.2) is 47.8 Å². The van der Waals surface area contributed by atoms with Crippen LogP contribution in [-0.2, 0) is 19.2 Å². The molecule has 3 fully saturated rings. The third-order valence-electron chi connectivity index (χ3n) is 9.32. The van der Waals surface area contributed by atoms with Crippen LogP contribution in [0.5, 0.6) is 0 Å². The molecule has 1 saturated heterocycles. The van der Waals surface area contributed by atoms with Crippen molar-refractivity contribution in [1.29, 1.82) is 0 Å². The van der Waals surface area contributed by atoms with E-state index in [0.717, 1.165) is 19.3 Å². The van der Waals surface area contributed by atoms with Gasteiger partial charge < -0.3 is 15.7 Å². The number of aliphatic hydroxyl groups is 1. The van der Waals surface area contributed by atoms with Gasteiger partial charge in [-0.3, -0.25) is 19.2 Å². The predicted molar refractivity (Wildman–Crippen MR) is 134 cm³/mol. The first-order valence-corrected chi connectivity index (χ1v) is 13.4. The number of hydrogen-bond acceptors (Lipinski definition) is 5. The van der Waals surface area contributed by atoms with Gasteiger partial charge in [-0.1, -0.05) is 31.2 Å². The van der Waals surface area contributed by atoms with Gasteiger partial charge in [-0.25, -0.2) is 0 Å². The lowest BCUT2D eigenvalue weighted by Crippen LogP contribution is -2.31.